The number of fused-ring (bicyclic) bond motifs is 5. The van der Waals surface area contributed by atoms with Gasteiger partial charge in [0, 0.05) is 16.3 Å². The first-order chi connectivity index (χ1) is 8.33. The summed E-state index contributed by atoms with van der Waals surface area (Å²) < 4.78 is 3.74. The molecule has 0 amide bonds. The summed E-state index contributed by atoms with van der Waals surface area (Å²) in [5, 5.41) is 3.57. The smallest absolute Gasteiger partial charge is 0.193 e. The van der Waals surface area contributed by atoms with Gasteiger partial charge in [-0.2, -0.15) is 4.57 Å². The van der Waals surface area contributed by atoms with E-state index in [1.807, 2.05) is 11.3 Å². The monoisotopic (exact) mass is 238 g/mol. The van der Waals surface area contributed by atoms with Gasteiger partial charge in [-0.15, -0.1) is 11.3 Å². The van der Waals surface area contributed by atoms with Crippen molar-refractivity contribution in [3.8, 4) is 11.3 Å². The second-order valence-corrected chi connectivity index (χ2v) is 5.60. The number of nitrogens with zero attached hydrogens (tertiary/aromatic N) is 1. The summed E-state index contributed by atoms with van der Waals surface area (Å²) in [6.45, 7) is 3.17. The molecule has 0 saturated carbocycles. The summed E-state index contributed by atoms with van der Waals surface area (Å²) in [4.78, 5) is 0. The van der Waals surface area contributed by atoms with Crippen molar-refractivity contribution >= 4 is 21.4 Å². The Morgan fingerprint density at radius 2 is 2.12 bits per heavy atom. The third-order valence-electron chi connectivity index (χ3n) is 3.50. The van der Waals surface area contributed by atoms with Crippen LogP contribution in [0.3, 0.4) is 0 Å². The van der Waals surface area contributed by atoms with Gasteiger partial charge in [0.1, 0.15) is 0 Å². The van der Waals surface area contributed by atoms with Gasteiger partial charge >= 0.3 is 0 Å². The molecular weight excluding hydrogens is 226 g/mol. The van der Waals surface area contributed by atoms with E-state index in [1.54, 1.807) is 0 Å². The summed E-state index contributed by atoms with van der Waals surface area (Å²) in [5.74, 6) is 0. The largest absolute Gasteiger partial charge is 0.222 e. The maximum Gasteiger partial charge on any atom is 0.222 e. The Morgan fingerprint density at radius 1 is 1.18 bits per heavy atom. The molecule has 1 aliphatic rings. The van der Waals surface area contributed by atoms with E-state index in [1.165, 1.54) is 32.5 Å². The molecule has 1 aliphatic heterocycles. The maximum absolute atomic E-state index is 2.36. The van der Waals surface area contributed by atoms with Crippen LogP contribution in [-0.4, -0.2) is 0 Å². The predicted octanol–water partition coefficient (Wildman–Crippen LogP) is 3.53. The molecule has 0 fully saturated rings. The second-order valence-electron chi connectivity index (χ2n) is 4.65. The maximum atomic E-state index is 2.36. The first kappa shape index (κ1) is 9.37. The molecule has 3 aromatic rings. The van der Waals surface area contributed by atoms with Crippen LogP contribution in [-0.2, 0) is 6.54 Å². The highest BCUT2D eigenvalue weighted by Gasteiger charge is 2.28. The van der Waals surface area contributed by atoms with Crippen molar-refractivity contribution in [2.24, 2.45) is 0 Å². The minimum Gasteiger partial charge on any atom is -0.193 e. The van der Waals surface area contributed by atoms with Crippen LogP contribution in [0.4, 0.5) is 0 Å². The topological polar surface area (TPSA) is 3.88 Å². The lowest BCUT2D eigenvalue weighted by atomic mass is 10.0. The third-order valence-corrected chi connectivity index (χ3v) is 4.38. The fourth-order valence-corrected chi connectivity index (χ4v) is 3.51. The zero-order valence-electron chi connectivity index (χ0n) is 9.60. The Hall–Kier alpha value is -1.67. The lowest BCUT2D eigenvalue weighted by molar-refractivity contribution is -0.670. The van der Waals surface area contributed by atoms with Crippen LogP contribution in [0.15, 0.2) is 41.9 Å². The molecule has 3 heterocycles. The van der Waals surface area contributed by atoms with Crippen molar-refractivity contribution in [2.75, 3.05) is 0 Å². The van der Waals surface area contributed by atoms with Crippen molar-refractivity contribution in [1.29, 1.82) is 0 Å². The highest BCUT2D eigenvalue weighted by molar-refractivity contribution is 7.17. The number of hydrogen-bond donors (Lipinski definition) is 0. The number of rotatable bonds is 0. The van der Waals surface area contributed by atoms with Crippen LogP contribution in [0.2, 0.25) is 0 Å². The molecule has 0 unspecified atom stereocenters. The van der Waals surface area contributed by atoms with Crippen LogP contribution in [0.25, 0.3) is 21.3 Å². The molecule has 0 N–H and O–H groups in total. The Balaban J connectivity index is 2.13. The third kappa shape index (κ3) is 1.22. The molecule has 0 bridgehead atoms. The van der Waals surface area contributed by atoms with Crippen LogP contribution in [0.1, 0.15) is 11.1 Å². The number of benzene rings is 1. The standard InChI is InChI=1S/C15H12NS/c1-10-2-3-12-11(8-10)9-16-6-4-14-13(15(12)16)5-7-17-14/h2-8H,9H2,1H3/q+1. The normalized spacial score (nSPS) is 12.8. The van der Waals surface area contributed by atoms with Gasteiger partial charge in [0.05, 0.1) is 10.9 Å². The average Bonchev–Trinajstić information content (AvgIpc) is 2.89. The molecule has 2 heteroatoms. The zero-order chi connectivity index (χ0) is 11.4. The molecule has 2 aromatic heterocycles. The minimum absolute atomic E-state index is 1.01. The van der Waals surface area contributed by atoms with Gasteiger partial charge in [0.15, 0.2) is 12.7 Å². The van der Waals surface area contributed by atoms with E-state index in [2.05, 4.69) is 53.4 Å². The number of aromatic nitrogens is 1. The summed E-state index contributed by atoms with van der Waals surface area (Å²) >= 11 is 1.82. The lowest BCUT2D eigenvalue weighted by Gasteiger charge is -1.97. The fourth-order valence-electron chi connectivity index (χ4n) is 2.73. The molecule has 17 heavy (non-hydrogen) atoms. The molecule has 82 valence electrons. The van der Waals surface area contributed by atoms with E-state index in [0.29, 0.717) is 0 Å². The first-order valence-electron chi connectivity index (χ1n) is 5.82. The molecule has 1 nitrogen and oxygen atoms in total. The number of thiophene rings is 1. The number of hydrogen-bond acceptors (Lipinski definition) is 1. The zero-order valence-corrected chi connectivity index (χ0v) is 10.4. The van der Waals surface area contributed by atoms with E-state index < -0.39 is 0 Å². The summed E-state index contributed by atoms with van der Waals surface area (Å²) in [6.07, 6.45) is 2.21. The first-order valence-corrected chi connectivity index (χ1v) is 6.70. The SMILES string of the molecule is Cc1ccc2c(c1)C[n+]1ccc3sccc3c1-2. The lowest BCUT2D eigenvalue weighted by Crippen LogP contribution is -2.31. The van der Waals surface area contributed by atoms with Crippen LogP contribution < -0.4 is 4.57 Å². The highest BCUT2D eigenvalue weighted by Crippen LogP contribution is 2.34. The highest BCUT2D eigenvalue weighted by atomic mass is 32.1. The van der Waals surface area contributed by atoms with Gasteiger partial charge in [-0.3, -0.25) is 0 Å². The van der Waals surface area contributed by atoms with E-state index in [0.717, 1.165) is 6.54 Å². The number of aryl methyl sites for hydroxylation is 1. The molecule has 0 saturated heterocycles. The molecule has 0 atom stereocenters. The quantitative estimate of drug-likeness (QED) is 0.413. The van der Waals surface area contributed by atoms with E-state index >= 15 is 0 Å². The van der Waals surface area contributed by atoms with Gasteiger partial charge in [0.2, 0.25) is 5.69 Å². The summed E-state index contributed by atoms with van der Waals surface area (Å²) in [6, 6.07) is 11.2. The van der Waals surface area contributed by atoms with Crippen LogP contribution in [0, 0.1) is 6.92 Å². The van der Waals surface area contributed by atoms with Gasteiger partial charge in [-0.05, 0) is 30.5 Å². The molecular formula is C15H12NS+. The second kappa shape index (κ2) is 3.17. The molecule has 4 rings (SSSR count). The Morgan fingerprint density at radius 3 is 3.06 bits per heavy atom. The molecule has 0 aliphatic carbocycles. The van der Waals surface area contributed by atoms with Gasteiger partial charge in [-0.25, -0.2) is 0 Å². The van der Waals surface area contributed by atoms with Gasteiger partial charge < -0.3 is 0 Å². The average molecular weight is 238 g/mol. The van der Waals surface area contributed by atoms with Crippen molar-refractivity contribution in [1.82, 2.24) is 0 Å². The van der Waals surface area contributed by atoms with E-state index in [4.69, 9.17) is 0 Å². The van der Waals surface area contributed by atoms with Crippen molar-refractivity contribution in [3.63, 3.8) is 0 Å². The summed E-state index contributed by atoms with van der Waals surface area (Å²) in [7, 11) is 0. The van der Waals surface area contributed by atoms with Crippen molar-refractivity contribution in [3.05, 3.63) is 53.0 Å². The van der Waals surface area contributed by atoms with Crippen LogP contribution >= 0.6 is 11.3 Å². The Bertz CT molecular complexity index is 740. The van der Waals surface area contributed by atoms with Crippen LogP contribution in [0.5, 0.6) is 0 Å². The molecule has 0 radical (unpaired) electrons. The Labute approximate surface area is 104 Å². The Kier molecular flexibility index (Phi) is 1.75. The van der Waals surface area contributed by atoms with E-state index in [9.17, 15) is 0 Å². The molecule has 0 spiro atoms. The molecule has 1 aromatic carbocycles. The van der Waals surface area contributed by atoms with Gasteiger partial charge in [0.25, 0.3) is 0 Å². The van der Waals surface area contributed by atoms with Gasteiger partial charge in [-0.1, -0.05) is 11.6 Å². The fraction of sp³-hybridized carbons (Fsp3) is 0.133. The predicted molar refractivity (Wildman–Crippen MR) is 71.3 cm³/mol. The number of pyridine rings is 1. The van der Waals surface area contributed by atoms with Crippen molar-refractivity contribution in [2.45, 2.75) is 13.5 Å². The van der Waals surface area contributed by atoms with Crippen molar-refractivity contribution < 1.29 is 4.57 Å². The van der Waals surface area contributed by atoms with E-state index in [-0.39, 0.29) is 0 Å². The minimum atomic E-state index is 1.01. The summed E-state index contributed by atoms with van der Waals surface area (Å²) in [5.41, 5.74) is 5.58.